The molecule has 1 aromatic rings. The molecule has 0 saturated heterocycles. The Morgan fingerprint density at radius 1 is 1.30 bits per heavy atom. The average molecular weight is 299 g/mol. The Balaban J connectivity index is 2.31. The van der Waals surface area contributed by atoms with E-state index in [2.05, 4.69) is 9.47 Å². The van der Waals surface area contributed by atoms with Crippen LogP contribution in [-0.2, 0) is 31.9 Å². The average Bonchev–Trinajstić information content (AvgIpc) is 2.90. The van der Waals surface area contributed by atoms with Crippen LogP contribution in [0.25, 0.3) is 0 Å². The summed E-state index contributed by atoms with van der Waals surface area (Å²) < 4.78 is 14.8. The Labute approximate surface area is 121 Å². The number of fused-ring (bicyclic) bond motifs is 1. The van der Waals surface area contributed by atoms with E-state index >= 15 is 0 Å². The van der Waals surface area contributed by atoms with E-state index in [4.69, 9.17) is 16.3 Å². The second-order valence-corrected chi connectivity index (χ2v) is 4.89. The molecule has 0 saturated carbocycles. The van der Waals surface area contributed by atoms with Gasteiger partial charge in [0, 0.05) is 17.9 Å². The number of hydrogen-bond acceptors (Lipinski definition) is 5. The van der Waals surface area contributed by atoms with Crippen LogP contribution in [0, 0.1) is 5.92 Å². The molecule has 0 aromatic heterocycles. The minimum atomic E-state index is -1.02. The molecular formula is C14H15ClO5. The molecule has 1 aromatic carbocycles. The predicted octanol–water partition coefficient (Wildman–Crippen LogP) is 1.78. The normalized spacial score (nSPS) is 12.8. The van der Waals surface area contributed by atoms with Crippen LogP contribution in [0.5, 0.6) is 5.75 Å². The summed E-state index contributed by atoms with van der Waals surface area (Å²) in [5, 5.41) is 0.553. The second-order valence-electron chi connectivity index (χ2n) is 4.45. The molecule has 0 fully saturated rings. The molecule has 0 spiro atoms. The van der Waals surface area contributed by atoms with Crippen LogP contribution in [0.4, 0.5) is 0 Å². The van der Waals surface area contributed by atoms with E-state index in [0.717, 1.165) is 12.0 Å². The molecule has 0 atom stereocenters. The lowest BCUT2D eigenvalue weighted by Gasteiger charge is -2.14. The zero-order chi connectivity index (χ0) is 14.7. The number of benzene rings is 1. The molecule has 0 amide bonds. The third kappa shape index (κ3) is 2.88. The van der Waals surface area contributed by atoms with Gasteiger partial charge in [-0.15, -0.1) is 0 Å². The van der Waals surface area contributed by atoms with Crippen molar-refractivity contribution in [3.05, 3.63) is 28.3 Å². The van der Waals surface area contributed by atoms with Gasteiger partial charge < -0.3 is 14.2 Å². The van der Waals surface area contributed by atoms with Crippen LogP contribution in [0.3, 0.4) is 0 Å². The number of ether oxygens (including phenoxy) is 3. The van der Waals surface area contributed by atoms with Crippen molar-refractivity contribution in [2.75, 3.05) is 20.8 Å². The number of rotatable bonds is 4. The quantitative estimate of drug-likeness (QED) is 0.626. The van der Waals surface area contributed by atoms with Gasteiger partial charge in [0.05, 0.1) is 20.8 Å². The van der Waals surface area contributed by atoms with Gasteiger partial charge in [0.2, 0.25) is 0 Å². The zero-order valence-electron chi connectivity index (χ0n) is 11.3. The minimum Gasteiger partial charge on any atom is -0.493 e. The van der Waals surface area contributed by atoms with Gasteiger partial charge in [-0.1, -0.05) is 11.6 Å². The fourth-order valence-corrected chi connectivity index (χ4v) is 2.53. The van der Waals surface area contributed by atoms with Gasteiger partial charge in [-0.05, 0) is 23.3 Å². The van der Waals surface area contributed by atoms with Crippen molar-refractivity contribution >= 4 is 23.5 Å². The number of carbonyl (C=O) groups is 2. The van der Waals surface area contributed by atoms with Crippen molar-refractivity contribution in [1.29, 1.82) is 0 Å². The van der Waals surface area contributed by atoms with E-state index in [-0.39, 0.29) is 6.42 Å². The number of carbonyl (C=O) groups excluding carboxylic acids is 2. The monoisotopic (exact) mass is 298 g/mol. The third-order valence-corrected chi connectivity index (χ3v) is 3.44. The highest BCUT2D eigenvalue weighted by Crippen LogP contribution is 2.34. The molecule has 1 aliphatic rings. The van der Waals surface area contributed by atoms with Gasteiger partial charge in [0.15, 0.2) is 5.92 Å². The molecule has 0 radical (unpaired) electrons. The molecule has 0 unspecified atom stereocenters. The summed E-state index contributed by atoms with van der Waals surface area (Å²) in [5.41, 5.74) is 1.70. The van der Waals surface area contributed by atoms with Crippen molar-refractivity contribution in [3.8, 4) is 5.75 Å². The number of halogens is 1. The summed E-state index contributed by atoms with van der Waals surface area (Å²) in [6.07, 6.45) is 0.909. The third-order valence-electron chi connectivity index (χ3n) is 3.22. The van der Waals surface area contributed by atoms with E-state index in [1.807, 2.05) is 6.07 Å². The zero-order valence-corrected chi connectivity index (χ0v) is 12.0. The molecule has 0 aliphatic carbocycles. The first kappa shape index (κ1) is 14.7. The number of methoxy groups -OCH3 is 2. The van der Waals surface area contributed by atoms with Crippen LogP contribution in [0.1, 0.15) is 11.1 Å². The Morgan fingerprint density at radius 3 is 2.55 bits per heavy atom. The maximum Gasteiger partial charge on any atom is 0.320 e. The highest BCUT2D eigenvalue weighted by atomic mass is 35.5. The lowest BCUT2D eigenvalue weighted by atomic mass is 9.97. The first-order valence-electron chi connectivity index (χ1n) is 6.16. The Kier molecular flexibility index (Phi) is 4.49. The standard InChI is InChI=1S/C14H15ClO5/c1-18-13(16)11(14(17)19-2)7-9-6-10(15)5-8-3-4-20-12(8)9/h5-6,11H,3-4,7H2,1-2H3. The summed E-state index contributed by atoms with van der Waals surface area (Å²) in [5.74, 6) is -1.59. The molecule has 0 bridgehead atoms. The molecule has 0 N–H and O–H groups in total. The van der Waals surface area contributed by atoms with E-state index in [9.17, 15) is 9.59 Å². The summed E-state index contributed by atoms with van der Waals surface area (Å²) in [6.45, 7) is 0.573. The first-order valence-corrected chi connectivity index (χ1v) is 6.54. The van der Waals surface area contributed by atoms with Gasteiger partial charge in [-0.2, -0.15) is 0 Å². The van der Waals surface area contributed by atoms with E-state index in [1.165, 1.54) is 14.2 Å². The van der Waals surface area contributed by atoms with Crippen LogP contribution >= 0.6 is 11.6 Å². The molecule has 5 nitrogen and oxygen atoms in total. The van der Waals surface area contributed by atoms with Crippen LogP contribution < -0.4 is 4.74 Å². The topological polar surface area (TPSA) is 61.8 Å². The highest BCUT2D eigenvalue weighted by Gasteiger charge is 2.31. The van der Waals surface area contributed by atoms with Crippen molar-refractivity contribution in [3.63, 3.8) is 0 Å². The van der Waals surface area contributed by atoms with E-state index in [0.29, 0.717) is 22.9 Å². The Bertz CT molecular complexity index is 525. The molecule has 108 valence electrons. The molecule has 2 rings (SSSR count). The molecule has 1 aliphatic heterocycles. The largest absolute Gasteiger partial charge is 0.493 e. The summed E-state index contributed by atoms with van der Waals surface area (Å²) in [6, 6.07) is 3.53. The first-order chi connectivity index (χ1) is 9.56. The van der Waals surface area contributed by atoms with Gasteiger partial charge in [-0.3, -0.25) is 9.59 Å². The van der Waals surface area contributed by atoms with Crippen LogP contribution in [-0.4, -0.2) is 32.8 Å². The number of esters is 2. The predicted molar refractivity (Wildman–Crippen MR) is 71.9 cm³/mol. The van der Waals surface area contributed by atoms with E-state index < -0.39 is 17.9 Å². The van der Waals surface area contributed by atoms with Crippen molar-refractivity contribution in [2.45, 2.75) is 12.8 Å². The van der Waals surface area contributed by atoms with Crippen molar-refractivity contribution in [2.24, 2.45) is 5.92 Å². The van der Waals surface area contributed by atoms with E-state index in [1.54, 1.807) is 6.07 Å². The smallest absolute Gasteiger partial charge is 0.320 e. The summed E-state index contributed by atoms with van der Waals surface area (Å²) in [4.78, 5) is 23.4. The van der Waals surface area contributed by atoms with Crippen LogP contribution in [0.2, 0.25) is 5.02 Å². The van der Waals surface area contributed by atoms with Gasteiger partial charge in [-0.25, -0.2) is 0 Å². The Hall–Kier alpha value is -1.75. The molecule has 1 heterocycles. The highest BCUT2D eigenvalue weighted by molar-refractivity contribution is 6.30. The SMILES string of the molecule is COC(=O)C(Cc1cc(Cl)cc2c1OCC2)C(=O)OC. The maximum atomic E-state index is 11.7. The van der Waals surface area contributed by atoms with Gasteiger partial charge in [0.25, 0.3) is 0 Å². The van der Waals surface area contributed by atoms with Crippen molar-refractivity contribution < 1.29 is 23.8 Å². The molecule has 6 heteroatoms. The summed E-state index contributed by atoms with van der Waals surface area (Å²) >= 11 is 6.05. The summed E-state index contributed by atoms with van der Waals surface area (Å²) in [7, 11) is 2.47. The van der Waals surface area contributed by atoms with Gasteiger partial charge in [0.1, 0.15) is 5.75 Å². The van der Waals surface area contributed by atoms with Crippen LogP contribution in [0.15, 0.2) is 12.1 Å². The minimum absolute atomic E-state index is 0.141. The van der Waals surface area contributed by atoms with Crippen molar-refractivity contribution in [1.82, 2.24) is 0 Å². The molecular weight excluding hydrogens is 284 g/mol. The Morgan fingerprint density at radius 2 is 1.95 bits per heavy atom. The second kappa shape index (κ2) is 6.13. The maximum absolute atomic E-state index is 11.7. The molecule has 20 heavy (non-hydrogen) atoms. The fraction of sp³-hybridized carbons (Fsp3) is 0.429. The van der Waals surface area contributed by atoms with Gasteiger partial charge >= 0.3 is 11.9 Å². The fourth-order valence-electron chi connectivity index (χ4n) is 2.26. The lowest BCUT2D eigenvalue weighted by Crippen LogP contribution is -2.28. The lowest BCUT2D eigenvalue weighted by molar-refractivity contribution is -0.158. The number of hydrogen-bond donors (Lipinski definition) is 0.